The van der Waals surface area contributed by atoms with Gasteiger partial charge in [-0.15, -0.1) is 0 Å². The fourth-order valence-electron chi connectivity index (χ4n) is 9.75. The zero-order valence-electron chi connectivity index (χ0n) is 31.8. The molecule has 2 aromatic heterocycles. The van der Waals surface area contributed by atoms with E-state index >= 15 is 0 Å². The molecule has 3 nitrogen and oxygen atoms in total. The molecule has 11 rings (SSSR count). The second-order valence-corrected chi connectivity index (χ2v) is 15.4. The van der Waals surface area contributed by atoms with Gasteiger partial charge in [-0.25, -0.2) is 9.97 Å². The quantitative estimate of drug-likeness (QED) is 0.170. The van der Waals surface area contributed by atoms with Crippen molar-refractivity contribution in [1.82, 2.24) is 9.97 Å². The lowest BCUT2D eigenvalue weighted by atomic mass is 9.72. The number of rotatable bonds is 6. The van der Waals surface area contributed by atoms with Crippen LogP contribution in [0.1, 0.15) is 53.9 Å². The molecule has 0 radical (unpaired) electrons. The number of allylic oxidation sites excluding steroid dienone is 5. The van der Waals surface area contributed by atoms with E-state index in [-0.39, 0.29) is 5.92 Å². The van der Waals surface area contributed by atoms with E-state index in [9.17, 15) is 0 Å². The van der Waals surface area contributed by atoms with Crippen molar-refractivity contribution in [1.29, 1.82) is 0 Å². The maximum absolute atomic E-state index is 5.12. The highest BCUT2D eigenvalue weighted by molar-refractivity contribution is 6.04. The molecule has 0 saturated carbocycles. The third-order valence-corrected chi connectivity index (χ3v) is 12.3. The van der Waals surface area contributed by atoms with E-state index in [2.05, 4.69) is 175 Å². The SMILES string of the molecule is C1=CCCC(C2=c3c4c(c5cc(N(c6nccc7ccccc67)c6nccc7ccccc67)ccc5c3=C(c3ccccc3)C(c3ccccc3)C2)CCC=C4)=C1. The number of benzene rings is 6. The highest BCUT2D eigenvalue weighted by Gasteiger charge is 2.30. The number of fused-ring (bicyclic) bond motifs is 8. The van der Waals surface area contributed by atoms with Crippen LogP contribution in [0, 0.1) is 0 Å². The van der Waals surface area contributed by atoms with Gasteiger partial charge in [0.05, 0.1) is 0 Å². The van der Waals surface area contributed by atoms with Crippen LogP contribution in [0.3, 0.4) is 0 Å². The summed E-state index contributed by atoms with van der Waals surface area (Å²) in [4.78, 5) is 12.5. The van der Waals surface area contributed by atoms with Gasteiger partial charge in [0.2, 0.25) is 0 Å². The van der Waals surface area contributed by atoms with Gasteiger partial charge < -0.3 is 0 Å². The van der Waals surface area contributed by atoms with Crippen molar-refractivity contribution >= 4 is 66.9 Å². The van der Waals surface area contributed by atoms with E-state index in [1.807, 2.05) is 12.4 Å². The predicted molar refractivity (Wildman–Crippen MR) is 238 cm³/mol. The zero-order valence-corrected chi connectivity index (χ0v) is 31.8. The molecule has 57 heavy (non-hydrogen) atoms. The Hall–Kier alpha value is -6.84. The van der Waals surface area contributed by atoms with Crippen molar-refractivity contribution in [2.24, 2.45) is 0 Å². The molecule has 3 aliphatic carbocycles. The molecule has 0 fully saturated rings. The molecule has 0 saturated heterocycles. The first-order valence-corrected chi connectivity index (χ1v) is 20.3. The normalized spacial score (nSPS) is 16.1. The van der Waals surface area contributed by atoms with Gasteiger partial charge in [0.25, 0.3) is 0 Å². The van der Waals surface area contributed by atoms with E-state index < -0.39 is 0 Å². The van der Waals surface area contributed by atoms with Crippen LogP contribution in [0.5, 0.6) is 0 Å². The Morgan fingerprint density at radius 2 is 1.23 bits per heavy atom. The van der Waals surface area contributed by atoms with Gasteiger partial charge in [-0.05, 0) is 127 Å². The lowest BCUT2D eigenvalue weighted by Crippen LogP contribution is -2.40. The molecule has 3 aliphatic rings. The third-order valence-electron chi connectivity index (χ3n) is 12.3. The Morgan fingerprint density at radius 3 is 1.93 bits per heavy atom. The van der Waals surface area contributed by atoms with Crippen molar-refractivity contribution in [2.75, 3.05) is 4.90 Å². The van der Waals surface area contributed by atoms with Gasteiger partial charge in [-0.3, -0.25) is 4.90 Å². The lowest BCUT2D eigenvalue weighted by molar-refractivity contribution is 0.854. The van der Waals surface area contributed by atoms with Crippen LogP contribution in [0.15, 0.2) is 182 Å². The van der Waals surface area contributed by atoms with Crippen molar-refractivity contribution < 1.29 is 0 Å². The largest absolute Gasteiger partial charge is 0.278 e. The number of aromatic nitrogens is 2. The predicted octanol–water partition coefficient (Wildman–Crippen LogP) is 12.2. The van der Waals surface area contributed by atoms with Crippen LogP contribution in [0.4, 0.5) is 17.3 Å². The number of anilines is 3. The monoisotopic (exact) mass is 731 g/mol. The molecular formula is C54H41N3. The minimum absolute atomic E-state index is 0.202. The van der Waals surface area contributed by atoms with Crippen molar-refractivity contribution in [3.05, 3.63) is 214 Å². The number of hydrogen-bond acceptors (Lipinski definition) is 3. The highest BCUT2D eigenvalue weighted by atomic mass is 15.2. The summed E-state index contributed by atoms with van der Waals surface area (Å²) in [5.74, 6) is 1.95. The number of hydrogen-bond donors (Lipinski definition) is 0. The molecule has 2 heterocycles. The minimum Gasteiger partial charge on any atom is -0.278 e. The Labute approximate surface area is 333 Å². The van der Waals surface area contributed by atoms with Crippen LogP contribution < -0.4 is 15.3 Å². The Balaban J connectivity index is 1.29. The molecular weight excluding hydrogens is 691 g/mol. The number of pyridine rings is 2. The summed E-state index contributed by atoms with van der Waals surface area (Å²) in [6.07, 6.45) is 20.8. The molecule has 1 unspecified atom stereocenters. The molecule has 0 aliphatic heterocycles. The van der Waals surface area contributed by atoms with E-state index in [0.29, 0.717) is 0 Å². The summed E-state index contributed by atoms with van der Waals surface area (Å²) >= 11 is 0. The molecule has 6 aromatic carbocycles. The minimum atomic E-state index is 0.202. The van der Waals surface area contributed by atoms with Crippen LogP contribution in [-0.4, -0.2) is 9.97 Å². The molecule has 3 heteroatoms. The average molecular weight is 732 g/mol. The van der Waals surface area contributed by atoms with Crippen molar-refractivity contribution in [2.45, 2.75) is 38.0 Å². The van der Waals surface area contributed by atoms with Crippen molar-refractivity contribution in [3.8, 4) is 0 Å². The van der Waals surface area contributed by atoms with Crippen LogP contribution in [0.2, 0.25) is 0 Å². The Kier molecular flexibility index (Phi) is 8.24. The molecule has 0 N–H and O–H groups in total. The van der Waals surface area contributed by atoms with E-state index in [1.165, 1.54) is 60.2 Å². The Morgan fingerprint density at radius 1 is 0.561 bits per heavy atom. The topological polar surface area (TPSA) is 29.0 Å². The number of nitrogens with zero attached hydrogens (tertiary/aromatic N) is 3. The van der Waals surface area contributed by atoms with Crippen LogP contribution in [-0.2, 0) is 6.42 Å². The molecule has 8 aromatic rings. The molecule has 1 atom stereocenters. The average Bonchev–Trinajstić information content (AvgIpc) is 3.29. The van der Waals surface area contributed by atoms with Gasteiger partial charge in [-0.1, -0.05) is 146 Å². The molecule has 0 amide bonds. The second-order valence-electron chi connectivity index (χ2n) is 15.4. The smallest absolute Gasteiger partial charge is 0.146 e. The third kappa shape index (κ3) is 5.65. The van der Waals surface area contributed by atoms with Gasteiger partial charge in [-0.2, -0.15) is 0 Å². The van der Waals surface area contributed by atoms with Crippen LogP contribution in [0.25, 0.3) is 49.5 Å². The lowest BCUT2D eigenvalue weighted by Gasteiger charge is -2.32. The summed E-state index contributed by atoms with van der Waals surface area (Å²) < 4.78 is 0. The summed E-state index contributed by atoms with van der Waals surface area (Å²) in [6, 6.07) is 50.8. The highest BCUT2D eigenvalue weighted by Crippen LogP contribution is 2.44. The summed E-state index contributed by atoms with van der Waals surface area (Å²) in [7, 11) is 0. The van der Waals surface area contributed by atoms with E-state index in [1.54, 1.807) is 0 Å². The fraction of sp³-hybridized carbons (Fsp3) is 0.111. The maximum atomic E-state index is 5.12. The zero-order chi connectivity index (χ0) is 37.7. The maximum Gasteiger partial charge on any atom is 0.146 e. The van der Waals surface area contributed by atoms with E-state index in [4.69, 9.17) is 9.97 Å². The second kappa shape index (κ2) is 14.0. The summed E-state index contributed by atoms with van der Waals surface area (Å²) in [5, 5.41) is 9.88. The molecule has 0 bridgehead atoms. The van der Waals surface area contributed by atoms with Gasteiger partial charge >= 0.3 is 0 Å². The first kappa shape index (κ1) is 33.5. The first-order chi connectivity index (χ1) is 28.3. The van der Waals surface area contributed by atoms with E-state index in [0.717, 1.165) is 71.0 Å². The fourth-order valence-corrected chi connectivity index (χ4v) is 9.75. The molecule has 0 spiro atoms. The van der Waals surface area contributed by atoms with Gasteiger partial charge in [0.1, 0.15) is 11.6 Å². The van der Waals surface area contributed by atoms with Crippen molar-refractivity contribution in [3.63, 3.8) is 0 Å². The molecule has 272 valence electrons. The van der Waals surface area contributed by atoms with Crippen LogP contribution >= 0.6 is 0 Å². The summed E-state index contributed by atoms with van der Waals surface area (Å²) in [5.41, 5.74) is 10.9. The standard InChI is InChI=1S/C54H41N3/c1-4-16-36(17-5-1)47-35-48(37-18-6-2-7-19-37)51-45-27-15-14-26-44(45)49-34-41(28-29-46(49)52(51)50(47)40-22-8-3-9-23-40)57(53-42-24-12-10-20-38(42)30-32-55-53)54-43-25-13-11-21-39(43)31-33-56-54/h1-6,8-13,15-18,20-25,27-34,47H,7,14,19,26,35H2. The number of aryl methyl sites for hydroxylation is 1. The van der Waals surface area contributed by atoms with Gasteiger partial charge in [0, 0.05) is 34.8 Å². The van der Waals surface area contributed by atoms with Gasteiger partial charge in [0.15, 0.2) is 0 Å². The summed E-state index contributed by atoms with van der Waals surface area (Å²) in [6.45, 7) is 0. The Bertz CT molecular complexity index is 3010. The first-order valence-electron chi connectivity index (χ1n) is 20.3.